The molecular weight excluding hydrogens is 454 g/mol. The summed E-state index contributed by atoms with van der Waals surface area (Å²) in [6.07, 6.45) is 4.25. The highest BCUT2D eigenvalue weighted by atomic mass is 16.3. The normalized spacial score (nSPS) is 25.9. The second kappa shape index (κ2) is 10.7. The molecule has 0 radical (unpaired) electrons. The van der Waals surface area contributed by atoms with Crippen molar-refractivity contribution in [2.45, 2.75) is 39.3 Å². The van der Waals surface area contributed by atoms with Crippen molar-refractivity contribution >= 4 is 23.4 Å². The molecule has 2 aromatic rings. The van der Waals surface area contributed by atoms with Gasteiger partial charge in [-0.2, -0.15) is 0 Å². The first kappa shape index (κ1) is 25.6. The van der Waals surface area contributed by atoms with E-state index in [1.54, 1.807) is 11.9 Å². The second-order valence-electron chi connectivity index (χ2n) is 10.0. The van der Waals surface area contributed by atoms with Gasteiger partial charge in [-0.3, -0.25) is 14.4 Å². The number of aryl methyl sites for hydroxylation is 2. The van der Waals surface area contributed by atoms with Crippen LogP contribution in [-0.2, 0) is 20.8 Å². The van der Waals surface area contributed by atoms with E-state index in [2.05, 4.69) is 10.6 Å². The molecule has 0 spiro atoms. The van der Waals surface area contributed by atoms with Crippen LogP contribution in [0.3, 0.4) is 0 Å². The van der Waals surface area contributed by atoms with Crippen LogP contribution >= 0.6 is 0 Å². The van der Waals surface area contributed by atoms with Crippen molar-refractivity contribution in [3.63, 3.8) is 0 Å². The van der Waals surface area contributed by atoms with Gasteiger partial charge in [-0.05, 0) is 48.9 Å². The Kier molecular flexibility index (Phi) is 7.59. The Morgan fingerprint density at radius 2 is 1.78 bits per heavy atom. The van der Waals surface area contributed by atoms with Crippen LogP contribution in [0, 0.1) is 37.5 Å². The van der Waals surface area contributed by atoms with E-state index in [0.29, 0.717) is 12.1 Å². The number of aliphatic hydroxyl groups is 1. The van der Waals surface area contributed by atoms with Crippen molar-refractivity contribution in [2.24, 2.45) is 23.7 Å². The van der Waals surface area contributed by atoms with E-state index >= 15 is 0 Å². The fraction of sp³-hybridized carbons (Fsp3) is 0.414. The predicted molar refractivity (Wildman–Crippen MR) is 139 cm³/mol. The van der Waals surface area contributed by atoms with Gasteiger partial charge in [-0.25, -0.2) is 0 Å². The van der Waals surface area contributed by atoms with Crippen molar-refractivity contribution in [3.8, 4) is 0 Å². The minimum atomic E-state index is -0.848. The summed E-state index contributed by atoms with van der Waals surface area (Å²) in [5.74, 6) is -2.69. The SMILES string of the molecule is CNC(=O)[C@H]1[C@H]2C(=O)N([C@@H](CO)Cc3ccccc3)[C@H](C(=O)Nc3cc(C)ccc3C)[C@H]2C=C[C@H]1C. The maximum absolute atomic E-state index is 14.0. The molecule has 36 heavy (non-hydrogen) atoms. The van der Waals surface area contributed by atoms with Gasteiger partial charge in [0.1, 0.15) is 6.04 Å². The fourth-order valence-corrected chi connectivity index (χ4v) is 5.71. The van der Waals surface area contributed by atoms with E-state index in [1.807, 2.05) is 81.5 Å². The molecular formula is C29H35N3O4. The molecule has 0 aromatic heterocycles. The molecule has 2 aliphatic rings. The number of carbonyl (C=O) groups excluding carboxylic acids is 3. The summed E-state index contributed by atoms with van der Waals surface area (Å²) < 4.78 is 0. The first-order chi connectivity index (χ1) is 17.3. The number of anilines is 1. The lowest BCUT2D eigenvalue weighted by atomic mass is 9.70. The monoisotopic (exact) mass is 489 g/mol. The number of likely N-dealkylation sites (tertiary alicyclic amines) is 1. The third-order valence-electron chi connectivity index (χ3n) is 7.60. The number of nitrogens with zero attached hydrogens (tertiary/aromatic N) is 1. The summed E-state index contributed by atoms with van der Waals surface area (Å²) in [5.41, 5.74) is 3.58. The third kappa shape index (κ3) is 4.80. The van der Waals surface area contributed by atoms with E-state index < -0.39 is 29.8 Å². The average molecular weight is 490 g/mol. The van der Waals surface area contributed by atoms with Gasteiger partial charge < -0.3 is 20.6 Å². The zero-order chi connectivity index (χ0) is 26.0. The molecule has 0 unspecified atom stereocenters. The van der Waals surface area contributed by atoms with Crippen LogP contribution in [0.15, 0.2) is 60.7 Å². The maximum Gasteiger partial charge on any atom is 0.247 e. The first-order valence-electron chi connectivity index (χ1n) is 12.5. The van der Waals surface area contributed by atoms with Gasteiger partial charge in [0.05, 0.1) is 24.5 Å². The molecule has 190 valence electrons. The molecule has 1 saturated heterocycles. The average Bonchev–Trinajstić information content (AvgIpc) is 3.17. The molecule has 1 heterocycles. The minimum absolute atomic E-state index is 0.153. The summed E-state index contributed by atoms with van der Waals surface area (Å²) in [4.78, 5) is 42.3. The predicted octanol–water partition coefficient (Wildman–Crippen LogP) is 2.86. The van der Waals surface area contributed by atoms with Crippen LogP contribution in [0.1, 0.15) is 23.6 Å². The lowest BCUT2D eigenvalue weighted by Gasteiger charge is -2.33. The smallest absolute Gasteiger partial charge is 0.247 e. The molecule has 3 amide bonds. The van der Waals surface area contributed by atoms with Crippen LogP contribution in [0.25, 0.3) is 0 Å². The van der Waals surface area contributed by atoms with Gasteiger partial charge >= 0.3 is 0 Å². The number of allylic oxidation sites excluding steroid dienone is 1. The molecule has 0 bridgehead atoms. The highest BCUT2D eigenvalue weighted by Gasteiger charge is 2.58. The number of fused-ring (bicyclic) bond motifs is 1. The quantitative estimate of drug-likeness (QED) is 0.521. The summed E-state index contributed by atoms with van der Waals surface area (Å²) in [7, 11) is 1.57. The van der Waals surface area contributed by atoms with E-state index in [1.165, 1.54) is 0 Å². The third-order valence-corrected chi connectivity index (χ3v) is 7.60. The standard InChI is InChI=1S/C29H35N3O4/c1-17-10-11-18(2)23(14-17)31-28(35)26-22-13-12-19(3)24(27(34)30-4)25(22)29(36)32(26)21(16-33)15-20-8-6-5-7-9-20/h5-14,19,21-22,24-26,33H,15-16H2,1-4H3,(H,30,34)(H,31,35)/t19-,21-,22+,24-,25+,26+/m1/s1. The summed E-state index contributed by atoms with van der Waals surface area (Å²) in [5, 5.41) is 16.2. The number of amides is 3. The Balaban J connectivity index is 1.75. The van der Waals surface area contributed by atoms with Crippen LogP contribution in [0.2, 0.25) is 0 Å². The van der Waals surface area contributed by atoms with E-state index in [0.717, 1.165) is 16.7 Å². The van der Waals surface area contributed by atoms with E-state index in [-0.39, 0.29) is 30.2 Å². The van der Waals surface area contributed by atoms with E-state index in [9.17, 15) is 19.5 Å². The number of hydrogen-bond donors (Lipinski definition) is 3. The fourth-order valence-electron chi connectivity index (χ4n) is 5.71. The highest BCUT2D eigenvalue weighted by Crippen LogP contribution is 2.45. The molecule has 7 nitrogen and oxygen atoms in total. The summed E-state index contributed by atoms with van der Waals surface area (Å²) in [6.45, 7) is 5.50. The van der Waals surface area contributed by atoms with Crippen LogP contribution < -0.4 is 10.6 Å². The minimum Gasteiger partial charge on any atom is -0.394 e. The molecule has 0 saturated carbocycles. The number of nitrogens with one attached hydrogen (secondary N) is 2. The van der Waals surface area contributed by atoms with Crippen LogP contribution in [0.4, 0.5) is 5.69 Å². The van der Waals surface area contributed by atoms with Crippen LogP contribution in [-0.4, -0.2) is 53.5 Å². The lowest BCUT2D eigenvalue weighted by molar-refractivity contribution is -0.142. The molecule has 1 fully saturated rings. The Bertz CT molecular complexity index is 1160. The molecule has 6 atom stereocenters. The van der Waals surface area contributed by atoms with Gasteiger partial charge in [0, 0.05) is 18.7 Å². The highest BCUT2D eigenvalue weighted by molar-refractivity contribution is 6.02. The van der Waals surface area contributed by atoms with Gasteiger partial charge in [0.15, 0.2) is 0 Å². The zero-order valence-electron chi connectivity index (χ0n) is 21.3. The topological polar surface area (TPSA) is 98.7 Å². The lowest BCUT2D eigenvalue weighted by Crippen LogP contribution is -2.51. The first-order valence-corrected chi connectivity index (χ1v) is 12.5. The number of hydrogen-bond acceptors (Lipinski definition) is 4. The van der Waals surface area contributed by atoms with Crippen molar-refractivity contribution in [1.82, 2.24) is 10.2 Å². The Labute approximate surface area is 212 Å². The number of aliphatic hydroxyl groups excluding tert-OH is 1. The second-order valence-corrected chi connectivity index (χ2v) is 10.0. The van der Waals surface area contributed by atoms with E-state index in [4.69, 9.17) is 0 Å². The number of benzene rings is 2. The van der Waals surface area contributed by atoms with Gasteiger partial charge in [-0.1, -0.05) is 61.5 Å². The molecule has 1 aliphatic carbocycles. The van der Waals surface area contributed by atoms with Gasteiger partial charge in [0.2, 0.25) is 17.7 Å². The zero-order valence-corrected chi connectivity index (χ0v) is 21.3. The van der Waals surface area contributed by atoms with Gasteiger partial charge in [-0.15, -0.1) is 0 Å². The maximum atomic E-state index is 14.0. The molecule has 1 aliphatic heterocycles. The van der Waals surface area contributed by atoms with Gasteiger partial charge in [0.25, 0.3) is 0 Å². The largest absolute Gasteiger partial charge is 0.394 e. The number of rotatable bonds is 7. The van der Waals surface area contributed by atoms with Crippen molar-refractivity contribution in [2.75, 3.05) is 19.0 Å². The molecule has 7 heteroatoms. The number of carbonyl (C=O) groups is 3. The van der Waals surface area contributed by atoms with Crippen molar-refractivity contribution < 1.29 is 19.5 Å². The molecule has 2 aromatic carbocycles. The Morgan fingerprint density at radius 3 is 2.44 bits per heavy atom. The Hall–Kier alpha value is -3.45. The van der Waals surface area contributed by atoms with Crippen molar-refractivity contribution in [1.29, 1.82) is 0 Å². The van der Waals surface area contributed by atoms with Crippen LogP contribution in [0.5, 0.6) is 0 Å². The molecule has 3 N–H and O–H groups in total. The van der Waals surface area contributed by atoms with Crippen molar-refractivity contribution in [3.05, 3.63) is 77.4 Å². The summed E-state index contributed by atoms with van der Waals surface area (Å²) >= 11 is 0. The summed E-state index contributed by atoms with van der Waals surface area (Å²) in [6, 6.07) is 14.0. The Morgan fingerprint density at radius 1 is 1.06 bits per heavy atom. The molecule has 4 rings (SSSR count).